The highest BCUT2D eigenvalue weighted by Crippen LogP contribution is 2.10. The fraction of sp³-hybridized carbons (Fsp3) is 0.125. The first-order valence-electron chi connectivity index (χ1n) is 5.82. The van der Waals surface area contributed by atoms with E-state index in [9.17, 15) is 0 Å². The number of aromatic nitrogens is 1. The van der Waals surface area contributed by atoms with Crippen LogP contribution in [0.2, 0.25) is 0 Å². The van der Waals surface area contributed by atoms with Gasteiger partial charge in [-0.3, -0.25) is 4.98 Å². The van der Waals surface area contributed by atoms with Gasteiger partial charge in [-0.1, -0.05) is 18.2 Å². The molecule has 0 spiro atoms. The second-order valence-electron chi connectivity index (χ2n) is 3.89. The van der Waals surface area contributed by atoms with Crippen LogP contribution in [-0.2, 0) is 11.3 Å². The van der Waals surface area contributed by atoms with Crippen LogP contribution < -0.4 is 0 Å². The highest BCUT2D eigenvalue weighted by atomic mass is 16.5. The summed E-state index contributed by atoms with van der Waals surface area (Å²) < 4.78 is 5.39. The Labute approximate surface area is 107 Å². The standard InChI is InChI=1S/C16H15NO/c1-2-9-18-13-16-10-15(11-17-12-16)8-7-14-5-3-4-6-14/h2-5,7-8,10-12H,1,9,13H2/b8-7+. The van der Waals surface area contributed by atoms with Crippen molar-refractivity contribution in [2.75, 3.05) is 6.61 Å². The van der Waals surface area contributed by atoms with Crippen LogP contribution in [0, 0.1) is 0 Å². The van der Waals surface area contributed by atoms with Crippen LogP contribution in [-0.4, -0.2) is 11.6 Å². The Morgan fingerprint density at radius 2 is 2.28 bits per heavy atom. The Morgan fingerprint density at radius 3 is 3.06 bits per heavy atom. The third kappa shape index (κ3) is 3.70. The minimum absolute atomic E-state index is 0.558. The molecule has 1 aliphatic carbocycles. The molecule has 18 heavy (non-hydrogen) atoms. The smallest absolute Gasteiger partial charge is 0.0736 e. The van der Waals surface area contributed by atoms with Gasteiger partial charge in [-0.25, -0.2) is 0 Å². The molecule has 0 radical (unpaired) electrons. The molecule has 1 aliphatic rings. The maximum Gasteiger partial charge on any atom is 0.0736 e. The molecule has 2 heteroatoms. The summed E-state index contributed by atoms with van der Waals surface area (Å²) in [6.07, 6.45) is 15.3. The summed E-state index contributed by atoms with van der Waals surface area (Å²) in [5.74, 6) is 0. The summed E-state index contributed by atoms with van der Waals surface area (Å²) in [5, 5.41) is 0. The highest BCUT2D eigenvalue weighted by molar-refractivity contribution is 5.55. The van der Waals surface area contributed by atoms with Gasteiger partial charge in [0.25, 0.3) is 0 Å². The molecule has 0 amide bonds. The molecule has 90 valence electrons. The normalized spacial score (nSPS) is 13.2. The summed E-state index contributed by atoms with van der Waals surface area (Å²) >= 11 is 0. The van der Waals surface area contributed by atoms with Crippen LogP contribution in [0.15, 0.2) is 66.7 Å². The lowest BCUT2D eigenvalue weighted by atomic mass is 10.1. The Hall–Kier alpha value is -2.15. The first-order valence-corrected chi connectivity index (χ1v) is 5.82. The maximum atomic E-state index is 5.39. The molecule has 1 heterocycles. The van der Waals surface area contributed by atoms with E-state index in [2.05, 4.69) is 23.4 Å². The summed E-state index contributed by atoms with van der Waals surface area (Å²) in [6, 6.07) is 2.07. The quantitative estimate of drug-likeness (QED) is 0.429. The molecular weight excluding hydrogens is 222 g/mol. The van der Waals surface area contributed by atoms with Gasteiger partial charge in [-0.05, 0) is 35.4 Å². The minimum atomic E-state index is 0.558. The molecule has 0 unspecified atom stereocenters. The maximum absolute atomic E-state index is 5.39. The van der Waals surface area contributed by atoms with E-state index in [1.54, 1.807) is 6.08 Å². The summed E-state index contributed by atoms with van der Waals surface area (Å²) in [6.45, 7) is 4.73. The van der Waals surface area contributed by atoms with Crippen molar-refractivity contribution in [2.24, 2.45) is 0 Å². The zero-order chi connectivity index (χ0) is 12.6. The van der Waals surface area contributed by atoms with Gasteiger partial charge in [0.15, 0.2) is 0 Å². The number of hydrogen-bond donors (Lipinski definition) is 0. The molecule has 0 aliphatic heterocycles. The van der Waals surface area contributed by atoms with E-state index in [1.165, 1.54) is 0 Å². The van der Waals surface area contributed by atoms with Gasteiger partial charge in [-0.2, -0.15) is 0 Å². The van der Waals surface area contributed by atoms with Crippen LogP contribution in [0.25, 0.3) is 6.08 Å². The molecule has 0 bridgehead atoms. The average molecular weight is 237 g/mol. The Morgan fingerprint density at radius 1 is 1.33 bits per heavy atom. The lowest BCUT2D eigenvalue weighted by molar-refractivity contribution is 0.148. The van der Waals surface area contributed by atoms with Gasteiger partial charge in [0.2, 0.25) is 0 Å². The van der Waals surface area contributed by atoms with Gasteiger partial charge < -0.3 is 4.74 Å². The monoisotopic (exact) mass is 237 g/mol. The summed E-state index contributed by atoms with van der Waals surface area (Å²) in [7, 11) is 0. The van der Waals surface area contributed by atoms with Crippen molar-refractivity contribution >= 4 is 6.08 Å². The Kier molecular flexibility index (Phi) is 4.48. The molecule has 2 rings (SSSR count). The van der Waals surface area contributed by atoms with E-state index < -0.39 is 0 Å². The van der Waals surface area contributed by atoms with Crippen LogP contribution in [0.1, 0.15) is 11.1 Å². The molecule has 0 atom stereocenters. The number of allylic oxidation sites excluding steroid dienone is 4. The topological polar surface area (TPSA) is 22.1 Å². The van der Waals surface area contributed by atoms with Gasteiger partial charge in [0.05, 0.1) is 13.2 Å². The van der Waals surface area contributed by atoms with Crippen molar-refractivity contribution in [2.45, 2.75) is 6.61 Å². The first kappa shape index (κ1) is 12.3. The van der Waals surface area contributed by atoms with Crippen molar-refractivity contribution in [3.8, 4) is 0 Å². The largest absolute Gasteiger partial charge is 0.373 e. The molecule has 0 N–H and O–H groups in total. The van der Waals surface area contributed by atoms with E-state index in [0.717, 1.165) is 16.7 Å². The molecular formula is C16H15NO. The first-order chi connectivity index (χ1) is 8.88. The Bertz CT molecular complexity index is 546. The predicted octanol–water partition coefficient (Wildman–Crippen LogP) is 3.45. The van der Waals surface area contributed by atoms with Crippen molar-refractivity contribution in [1.82, 2.24) is 4.98 Å². The number of hydrogen-bond acceptors (Lipinski definition) is 2. The molecule has 2 nitrogen and oxygen atoms in total. The third-order valence-corrected chi connectivity index (χ3v) is 2.40. The van der Waals surface area contributed by atoms with E-state index in [-0.39, 0.29) is 0 Å². The number of pyridine rings is 1. The van der Waals surface area contributed by atoms with Crippen molar-refractivity contribution in [3.05, 3.63) is 77.9 Å². The van der Waals surface area contributed by atoms with E-state index in [0.29, 0.717) is 13.2 Å². The zero-order valence-corrected chi connectivity index (χ0v) is 10.2. The lowest BCUT2D eigenvalue weighted by Crippen LogP contribution is -1.93. The fourth-order valence-corrected chi connectivity index (χ4v) is 1.57. The van der Waals surface area contributed by atoms with Crippen molar-refractivity contribution < 1.29 is 4.74 Å². The van der Waals surface area contributed by atoms with Gasteiger partial charge in [0, 0.05) is 18.0 Å². The molecule has 0 fully saturated rings. The summed E-state index contributed by atoms with van der Waals surface area (Å²) in [5.41, 5.74) is 6.31. The van der Waals surface area contributed by atoms with Gasteiger partial charge in [-0.15, -0.1) is 12.3 Å². The average Bonchev–Trinajstić information content (AvgIpc) is 2.90. The van der Waals surface area contributed by atoms with Gasteiger partial charge >= 0.3 is 0 Å². The van der Waals surface area contributed by atoms with Crippen LogP contribution in [0.4, 0.5) is 0 Å². The molecule has 1 aromatic rings. The Balaban J connectivity index is 2.00. The second kappa shape index (κ2) is 6.55. The number of rotatable bonds is 6. The molecule has 0 aromatic carbocycles. The van der Waals surface area contributed by atoms with Crippen molar-refractivity contribution in [3.63, 3.8) is 0 Å². The number of nitrogens with zero attached hydrogens (tertiary/aromatic N) is 1. The van der Waals surface area contributed by atoms with Crippen LogP contribution >= 0.6 is 0 Å². The third-order valence-electron chi connectivity index (χ3n) is 2.40. The predicted molar refractivity (Wildman–Crippen MR) is 73.9 cm³/mol. The molecule has 0 saturated carbocycles. The van der Waals surface area contributed by atoms with Crippen molar-refractivity contribution in [1.29, 1.82) is 0 Å². The SMILES string of the molecule is C=CCOCc1cncc(/C=C/C2=C=CC=C2)c1. The molecule has 0 saturated heterocycles. The molecule has 1 aromatic heterocycles. The fourth-order valence-electron chi connectivity index (χ4n) is 1.57. The summed E-state index contributed by atoms with van der Waals surface area (Å²) in [4.78, 5) is 4.20. The number of ether oxygens (including phenoxy) is 1. The van der Waals surface area contributed by atoms with E-state index in [1.807, 2.05) is 42.8 Å². The van der Waals surface area contributed by atoms with Gasteiger partial charge in [0.1, 0.15) is 0 Å². The lowest BCUT2D eigenvalue weighted by Gasteiger charge is -2.02. The van der Waals surface area contributed by atoms with Crippen LogP contribution in [0.3, 0.4) is 0 Å². The van der Waals surface area contributed by atoms with E-state index in [4.69, 9.17) is 4.74 Å². The van der Waals surface area contributed by atoms with E-state index >= 15 is 0 Å². The van der Waals surface area contributed by atoms with Crippen LogP contribution in [0.5, 0.6) is 0 Å². The zero-order valence-electron chi connectivity index (χ0n) is 10.2. The minimum Gasteiger partial charge on any atom is -0.373 e. The second-order valence-corrected chi connectivity index (χ2v) is 3.89. The highest BCUT2D eigenvalue weighted by Gasteiger charge is 1.95.